The number of para-hydroxylation sites is 2. The van der Waals surface area contributed by atoms with Gasteiger partial charge in [0.05, 0.1) is 11.0 Å². The van der Waals surface area contributed by atoms with Crippen LogP contribution in [0, 0.1) is 0 Å². The molecule has 0 bridgehead atoms. The Morgan fingerprint density at radius 3 is 1.79 bits per heavy atom. The van der Waals surface area contributed by atoms with Crippen LogP contribution in [0.3, 0.4) is 0 Å². The van der Waals surface area contributed by atoms with Gasteiger partial charge in [0.15, 0.2) is 0 Å². The van der Waals surface area contributed by atoms with Crippen molar-refractivity contribution < 1.29 is 0 Å². The number of aromatic nitrogens is 1. The van der Waals surface area contributed by atoms with E-state index in [0.29, 0.717) is 0 Å². The summed E-state index contributed by atoms with van der Waals surface area (Å²) < 4.78 is 2.42. The molecule has 0 aliphatic carbocycles. The van der Waals surface area contributed by atoms with Gasteiger partial charge in [0.2, 0.25) is 0 Å². The van der Waals surface area contributed by atoms with Crippen LogP contribution in [0.5, 0.6) is 0 Å². The van der Waals surface area contributed by atoms with Gasteiger partial charge in [-0.3, -0.25) is 0 Å². The minimum absolute atomic E-state index is 1.11. The van der Waals surface area contributed by atoms with E-state index in [9.17, 15) is 0 Å². The van der Waals surface area contributed by atoms with Crippen LogP contribution in [-0.2, 0) is 0 Å². The van der Waals surface area contributed by atoms with Crippen molar-refractivity contribution in [1.82, 2.24) is 4.57 Å². The summed E-state index contributed by atoms with van der Waals surface area (Å²) in [5.74, 6) is 0. The molecule has 10 aromatic rings. The van der Waals surface area contributed by atoms with Crippen molar-refractivity contribution in [3.8, 4) is 5.69 Å². The standard InChI is InChI=1S/C46H30N2/c1-2-14-36(15-3-1)47(39-25-26-41-35(27-39)24-23-32-22-21-31-11-6-7-18-40(31)46(32)41)37-16-10-17-38(30-37)48-44-20-9-8-19-42(44)43-28-33-12-4-5-13-34(33)29-45(43)48/h1-30H. The highest BCUT2D eigenvalue weighted by molar-refractivity contribution is 6.20. The Morgan fingerprint density at radius 2 is 0.938 bits per heavy atom. The molecule has 0 saturated carbocycles. The molecule has 0 atom stereocenters. The smallest absolute Gasteiger partial charge is 0.0547 e. The molecule has 48 heavy (non-hydrogen) atoms. The zero-order chi connectivity index (χ0) is 31.6. The van der Waals surface area contributed by atoms with E-state index >= 15 is 0 Å². The summed E-state index contributed by atoms with van der Waals surface area (Å²) in [4.78, 5) is 2.37. The summed E-state index contributed by atoms with van der Waals surface area (Å²) >= 11 is 0. The van der Waals surface area contributed by atoms with E-state index in [2.05, 4.69) is 191 Å². The number of hydrogen-bond donors (Lipinski definition) is 0. The van der Waals surface area contributed by atoms with Crippen molar-refractivity contribution in [1.29, 1.82) is 0 Å². The fraction of sp³-hybridized carbons (Fsp3) is 0. The van der Waals surface area contributed by atoms with Crippen molar-refractivity contribution >= 4 is 82.0 Å². The number of nitrogens with zero attached hydrogens (tertiary/aromatic N) is 2. The average molecular weight is 611 g/mol. The first-order valence-corrected chi connectivity index (χ1v) is 16.5. The Labute approximate surface area is 278 Å². The maximum atomic E-state index is 2.42. The summed E-state index contributed by atoms with van der Waals surface area (Å²) in [5, 5.41) is 12.7. The van der Waals surface area contributed by atoms with Gasteiger partial charge >= 0.3 is 0 Å². The lowest BCUT2D eigenvalue weighted by molar-refractivity contribution is 1.17. The van der Waals surface area contributed by atoms with Crippen LogP contribution in [0.2, 0.25) is 0 Å². The molecule has 0 aliphatic rings. The van der Waals surface area contributed by atoms with Gasteiger partial charge in [0.1, 0.15) is 0 Å². The first kappa shape index (κ1) is 26.8. The maximum absolute atomic E-state index is 2.42. The normalized spacial score (nSPS) is 11.8. The molecular formula is C46H30N2. The fourth-order valence-electron chi connectivity index (χ4n) is 7.69. The summed E-state index contributed by atoms with van der Waals surface area (Å²) in [6.45, 7) is 0. The Balaban J connectivity index is 1.19. The molecule has 0 radical (unpaired) electrons. The van der Waals surface area contributed by atoms with Gasteiger partial charge in [0, 0.05) is 33.5 Å². The van der Waals surface area contributed by atoms with E-state index in [0.717, 1.165) is 22.7 Å². The molecule has 2 nitrogen and oxygen atoms in total. The minimum atomic E-state index is 1.11. The highest BCUT2D eigenvalue weighted by Crippen LogP contribution is 2.41. The van der Waals surface area contributed by atoms with Gasteiger partial charge < -0.3 is 9.47 Å². The molecule has 1 aromatic heterocycles. The number of anilines is 3. The molecule has 224 valence electrons. The van der Waals surface area contributed by atoms with E-state index in [1.54, 1.807) is 0 Å². The molecule has 0 saturated heterocycles. The zero-order valence-electron chi connectivity index (χ0n) is 26.2. The predicted octanol–water partition coefficient (Wildman–Crippen LogP) is 12.9. The van der Waals surface area contributed by atoms with E-state index in [1.165, 1.54) is 64.9 Å². The lowest BCUT2D eigenvalue weighted by atomic mass is 9.96. The third-order valence-corrected chi connectivity index (χ3v) is 9.87. The Bertz CT molecular complexity index is 2840. The van der Waals surface area contributed by atoms with Gasteiger partial charge in [-0.25, -0.2) is 0 Å². The van der Waals surface area contributed by atoms with E-state index < -0.39 is 0 Å². The van der Waals surface area contributed by atoms with Gasteiger partial charge in [0.25, 0.3) is 0 Å². The molecular weight excluding hydrogens is 581 g/mol. The first-order chi connectivity index (χ1) is 23.8. The van der Waals surface area contributed by atoms with Crippen LogP contribution in [0.15, 0.2) is 182 Å². The van der Waals surface area contributed by atoms with Crippen LogP contribution in [0.25, 0.3) is 70.6 Å². The number of rotatable bonds is 4. The average Bonchev–Trinajstić information content (AvgIpc) is 3.47. The Hall–Kier alpha value is -6.38. The zero-order valence-corrected chi connectivity index (χ0v) is 26.2. The van der Waals surface area contributed by atoms with Gasteiger partial charge in [-0.1, -0.05) is 121 Å². The number of fused-ring (bicyclic) bond motifs is 9. The quantitative estimate of drug-likeness (QED) is 0.180. The molecule has 9 aromatic carbocycles. The highest BCUT2D eigenvalue weighted by Gasteiger charge is 2.17. The maximum Gasteiger partial charge on any atom is 0.0547 e. The third kappa shape index (κ3) is 4.13. The second-order valence-corrected chi connectivity index (χ2v) is 12.6. The summed E-state index contributed by atoms with van der Waals surface area (Å²) in [6, 6.07) is 66.3. The fourth-order valence-corrected chi connectivity index (χ4v) is 7.69. The molecule has 0 spiro atoms. The van der Waals surface area contributed by atoms with Crippen LogP contribution < -0.4 is 4.90 Å². The molecule has 10 rings (SSSR count). The van der Waals surface area contributed by atoms with Crippen LogP contribution in [0.4, 0.5) is 17.1 Å². The number of benzene rings is 9. The van der Waals surface area contributed by atoms with Crippen molar-refractivity contribution in [3.63, 3.8) is 0 Å². The Kier molecular flexibility index (Phi) is 5.91. The Morgan fingerprint density at radius 1 is 0.312 bits per heavy atom. The molecule has 0 unspecified atom stereocenters. The van der Waals surface area contributed by atoms with E-state index in [4.69, 9.17) is 0 Å². The second-order valence-electron chi connectivity index (χ2n) is 12.6. The van der Waals surface area contributed by atoms with E-state index in [1.807, 2.05) is 0 Å². The first-order valence-electron chi connectivity index (χ1n) is 16.5. The lowest BCUT2D eigenvalue weighted by Gasteiger charge is -2.26. The largest absolute Gasteiger partial charge is 0.310 e. The lowest BCUT2D eigenvalue weighted by Crippen LogP contribution is -2.10. The number of hydrogen-bond acceptors (Lipinski definition) is 1. The van der Waals surface area contributed by atoms with Crippen molar-refractivity contribution in [2.75, 3.05) is 4.90 Å². The van der Waals surface area contributed by atoms with Crippen molar-refractivity contribution in [2.45, 2.75) is 0 Å². The van der Waals surface area contributed by atoms with Gasteiger partial charge in [-0.05, 0) is 104 Å². The summed E-state index contributed by atoms with van der Waals surface area (Å²) in [6.07, 6.45) is 0. The second kappa shape index (κ2) is 10.6. The van der Waals surface area contributed by atoms with Crippen LogP contribution in [-0.4, -0.2) is 4.57 Å². The SMILES string of the molecule is c1ccc(N(c2cccc(-n3c4ccccc4c4cc5ccccc5cc43)c2)c2ccc3c(ccc4ccc5ccccc5c43)c2)cc1. The summed E-state index contributed by atoms with van der Waals surface area (Å²) in [5.41, 5.74) is 6.90. The topological polar surface area (TPSA) is 8.17 Å². The molecule has 0 fully saturated rings. The van der Waals surface area contributed by atoms with Crippen molar-refractivity contribution in [3.05, 3.63) is 182 Å². The summed E-state index contributed by atoms with van der Waals surface area (Å²) in [7, 11) is 0. The van der Waals surface area contributed by atoms with Gasteiger partial charge in [-0.2, -0.15) is 0 Å². The molecule has 0 N–H and O–H groups in total. The molecule has 0 amide bonds. The molecule has 2 heteroatoms. The van der Waals surface area contributed by atoms with Crippen molar-refractivity contribution in [2.24, 2.45) is 0 Å². The monoisotopic (exact) mass is 610 g/mol. The third-order valence-electron chi connectivity index (χ3n) is 9.87. The highest BCUT2D eigenvalue weighted by atomic mass is 15.1. The van der Waals surface area contributed by atoms with E-state index in [-0.39, 0.29) is 0 Å². The minimum Gasteiger partial charge on any atom is -0.310 e. The van der Waals surface area contributed by atoms with Crippen LogP contribution in [0.1, 0.15) is 0 Å². The van der Waals surface area contributed by atoms with Crippen LogP contribution >= 0.6 is 0 Å². The predicted molar refractivity (Wildman–Crippen MR) is 205 cm³/mol. The molecule has 0 aliphatic heterocycles. The molecule has 1 heterocycles. The van der Waals surface area contributed by atoms with Gasteiger partial charge in [-0.15, -0.1) is 0 Å².